The lowest BCUT2D eigenvalue weighted by Crippen LogP contribution is -2.18. The number of aryl methyl sites for hydroxylation is 1. The van der Waals surface area contributed by atoms with Crippen molar-refractivity contribution < 1.29 is 9.53 Å². The molecule has 3 heteroatoms. The SMILES string of the molecule is COc1cc(C)ccc1NC(=O)C(C)C. The minimum Gasteiger partial charge on any atom is -0.495 e. The van der Waals surface area contributed by atoms with Gasteiger partial charge in [0, 0.05) is 5.92 Å². The van der Waals surface area contributed by atoms with Crippen molar-refractivity contribution in [2.45, 2.75) is 20.8 Å². The van der Waals surface area contributed by atoms with Gasteiger partial charge in [-0.05, 0) is 24.6 Å². The van der Waals surface area contributed by atoms with Gasteiger partial charge in [0.1, 0.15) is 5.75 Å². The molecule has 0 spiro atoms. The Morgan fingerprint density at radius 2 is 2.07 bits per heavy atom. The molecule has 0 bridgehead atoms. The first-order valence-corrected chi connectivity index (χ1v) is 5.00. The molecule has 0 aliphatic carbocycles. The second-order valence-electron chi connectivity index (χ2n) is 3.85. The number of carbonyl (C=O) groups is 1. The fraction of sp³-hybridized carbons (Fsp3) is 0.417. The number of rotatable bonds is 3. The van der Waals surface area contributed by atoms with Gasteiger partial charge in [0.15, 0.2) is 0 Å². The lowest BCUT2D eigenvalue weighted by Gasteiger charge is -2.12. The summed E-state index contributed by atoms with van der Waals surface area (Å²) >= 11 is 0. The average Bonchev–Trinajstić information content (AvgIpc) is 2.20. The van der Waals surface area contributed by atoms with E-state index in [0.717, 1.165) is 11.3 Å². The number of methoxy groups -OCH3 is 1. The van der Waals surface area contributed by atoms with Crippen LogP contribution in [-0.4, -0.2) is 13.0 Å². The fourth-order valence-corrected chi connectivity index (χ4v) is 1.18. The molecule has 1 N–H and O–H groups in total. The molecule has 82 valence electrons. The van der Waals surface area contributed by atoms with Crippen molar-refractivity contribution in [1.82, 2.24) is 0 Å². The highest BCUT2D eigenvalue weighted by Gasteiger charge is 2.10. The van der Waals surface area contributed by atoms with Gasteiger partial charge in [0.25, 0.3) is 0 Å². The van der Waals surface area contributed by atoms with E-state index in [0.29, 0.717) is 5.75 Å². The normalized spacial score (nSPS) is 10.2. The topological polar surface area (TPSA) is 38.3 Å². The Morgan fingerprint density at radius 3 is 2.60 bits per heavy atom. The van der Waals surface area contributed by atoms with Crippen molar-refractivity contribution >= 4 is 11.6 Å². The van der Waals surface area contributed by atoms with E-state index in [2.05, 4.69) is 5.32 Å². The zero-order valence-corrected chi connectivity index (χ0v) is 9.63. The van der Waals surface area contributed by atoms with Crippen LogP contribution >= 0.6 is 0 Å². The van der Waals surface area contributed by atoms with E-state index in [1.54, 1.807) is 7.11 Å². The minimum absolute atomic E-state index is 0.00264. The monoisotopic (exact) mass is 207 g/mol. The molecule has 15 heavy (non-hydrogen) atoms. The second-order valence-corrected chi connectivity index (χ2v) is 3.85. The van der Waals surface area contributed by atoms with Gasteiger partial charge in [-0.15, -0.1) is 0 Å². The maximum absolute atomic E-state index is 11.5. The Bertz CT molecular complexity index is 359. The van der Waals surface area contributed by atoms with Crippen molar-refractivity contribution in [1.29, 1.82) is 0 Å². The Balaban J connectivity index is 2.89. The summed E-state index contributed by atoms with van der Waals surface area (Å²) in [5.41, 5.74) is 1.83. The molecule has 1 rings (SSSR count). The first-order chi connectivity index (χ1) is 7.04. The molecule has 0 saturated heterocycles. The van der Waals surface area contributed by atoms with Crippen molar-refractivity contribution in [3.63, 3.8) is 0 Å². The van der Waals surface area contributed by atoms with Crippen LogP contribution in [0.5, 0.6) is 5.75 Å². The van der Waals surface area contributed by atoms with Crippen molar-refractivity contribution in [3.8, 4) is 5.75 Å². The summed E-state index contributed by atoms with van der Waals surface area (Å²) < 4.78 is 5.19. The summed E-state index contributed by atoms with van der Waals surface area (Å²) in [6.07, 6.45) is 0. The van der Waals surface area contributed by atoms with Gasteiger partial charge in [-0.3, -0.25) is 4.79 Å². The van der Waals surface area contributed by atoms with Gasteiger partial charge >= 0.3 is 0 Å². The summed E-state index contributed by atoms with van der Waals surface area (Å²) in [6.45, 7) is 5.70. The number of anilines is 1. The standard InChI is InChI=1S/C12H17NO2/c1-8(2)12(14)13-10-6-5-9(3)7-11(10)15-4/h5-8H,1-4H3,(H,13,14). The highest BCUT2D eigenvalue weighted by Crippen LogP contribution is 2.25. The van der Waals surface area contributed by atoms with E-state index >= 15 is 0 Å². The van der Waals surface area contributed by atoms with E-state index in [-0.39, 0.29) is 11.8 Å². The van der Waals surface area contributed by atoms with E-state index < -0.39 is 0 Å². The molecule has 1 aromatic rings. The molecule has 0 aliphatic rings. The van der Waals surface area contributed by atoms with Crippen LogP contribution in [0.1, 0.15) is 19.4 Å². The molecule has 0 radical (unpaired) electrons. The van der Waals surface area contributed by atoms with Gasteiger partial charge < -0.3 is 10.1 Å². The predicted molar refractivity (Wildman–Crippen MR) is 61.2 cm³/mol. The maximum Gasteiger partial charge on any atom is 0.227 e. The van der Waals surface area contributed by atoms with Crippen LogP contribution in [0.25, 0.3) is 0 Å². The average molecular weight is 207 g/mol. The molecule has 0 heterocycles. The Kier molecular flexibility index (Phi) is 3.72. The van der Waals surface area contributed by atoms with Crippen molar-refractivity contribution in [3.05, 3.63) is 23.8 Å². The van der Waals surface area contributed by atoms with Crippen LogP contribution < -0.4 is 10.1 Å². The van der Waals surface area contributed by atoms with E-state index in [1.165, 1.54) is 0 Å². The summed E-state index contributed by atoms with van der Waals surface area (Å²) in [6, 6.07) is 5.70. The van der Waals surface area contributed by atoms with Crippen LogP contribution in [0, 0.1) is 12.8 Å². The van der Waals surface area contributed by atoms with Gasteiger partial charge in [-0.25, -0.2) is 0 Å². The maximum atomic E-state index is 11.5. The molecule has 0 aromatic heterocycles. The number of nitrogens with one attached hydrogen (secondary N) is 1. The van der Waals surface area contributed by atoms with Crippen LogP contribution in [0.15, 0.2) is 18.2 Å². The third-order valence-electron chi connectivity index (χ3n) is 2.14. The fourth-order valence-electron chi connectivity index (χ4n) is 1.18. The third-order valence-corrected chi connectivity index (χ3v) is 2.14. The molecule has 3 nitrogen and oxygen atoms in total. The molecule has 0 fully saturated rings. The van der Waals surface area contributed by atoms with Crippen molar-refractivity contribution in [2.24, 2.45) is 5.92 Å². The first-order valence-electron chi connectivity index (χ1n) is 5.00. The zero-order valence-electron chi connectivity index (χ0n) is 9.63. The summed E-state index contributed by atoms with van der Waals surface area (Å²) in [7, 11) is 1.60. The van der Waals surface area contributed by atoms with E-state index in [1.807, 2.05) is 39.0 Å². The highest BCUT2D eigenvalue weighted by molar-refractivity contribution is 5.93. The number of benzene rings is 1. The Labute approximate surface area is 90.4 Å². The highest BCUT2D eigenvalue weighted by atomic mass is 16.5. The van der Waals surface area contributed by atoms with Gasteiger partial charge in [0.2, 0.25) is 5.91 Å². The predicted octanol–water partition coefficient (Wildman–Crippen LogP) is 2.60. The number of hydrogen-bond acceptors (Lipinski definition) is 2. The first kappa shape index (κ1) is 11.6. The van der Waals surface area contributed by atoms with Crippen molar-refractivity contribution in [2.75, 3.05) is 12.4 Å². The van der Waals surface area contributed by atoms with Gasteiger partial charge in [0.05, 0.1) is 12.8 Å². The van der Waals surface area contributed by atoms with Crippen LogP contribution in [0.3, 0.4) is 0 Å². The molecular weight excluding hydrogens is 190 g/mol. The molecule has 0 saturated carbocycles. The lowest BCUT2D eigenvalue weighted by atomic mass is 10.1. The number of carbonyl (C=O) groups excluding carboxylic acids is 1. The quantitative estimate of drug-likeness (QED) is 0.827. The summed E-state index contributed by atoms with van der Waals surface area (Å²) in [5.74, 6) is 0.664. The van der Waals surface area contributed by atoms with Crippen LogP contribution in [-0.2, 0) is 4.79 Å². The zero-order chi connectivity index (χ0) is 11.4. The molecule has 0 atom stereocenters. The van der Waals surface area contributed by atoms with Gasteiger partial charge in [-0.1, -0.05) is 19.9 Å². The molecule has 1 aromatic carbocycles. The van der Waals surface area contributed by atoms with Crippen LogP contribution in [0.4, 0.5) is 5.69 Å². The third kappa shape index (κ3) is 2.98. The van der Waals surface area contributed by atoms with Gasteiger partial charge in [-0.2, -0.15) is 0 Å². The number of amides is 1. The molecule has 0 aliphatic heterocycles. The molecule has 1 amide bonds. The van der Waals surface area contributed by atoms with E-state index in [9.17, 15) is 4.79 Å². The smallest absolute Gasteiger partial charge is 0.227 e. The minimum atomic E-state index is -0.0315. The summed E-state index contributed by atoms with van der Waals surface area (Å²) in [5, 5.41) is 2.82. The largest absolute Gasteiger partial charge is 0.495 e. The van der Waals surface area contributed by atoms with E-state index in [4.69, 9.17) is 4.74 Å². The lowest BCUT2D eigenvalue weighted by molar-refractivity contribution is -0.118. The Hall–Kier alpha value is -1.51. The molecule has 0 unspecified atom stereocenters. The summed E-state index contributed by atoms with van der Waals surface area (Å²) in [4.78, 5) is 11.5. The Morgan fingerprint density at radius 1 is 1.40 bits per heavy atom. The second kappa shape index (κ2) is 4.82. The number of hydrogen-bond donors (Lipinski definition) is 1. The number of ether oxygens (including phenoxy) is 1. The van der Waals surface area contributed by atoms with Crippen LogP contribution in [0.2, 0.25) is 0 Å². The molecular formula is C12H17NO2.